The van der Waals surface area contributed by atoms with E-state index in [0.29, 0.717) is 11.8 Å². The molecule has 5 rings (SSSR count). The molecule has 0 bridgehead atoms. The highest BCUT2D eigenvalue weighted by atomic mass is 19.4. The molecule has 4 aromatic rings. The summed E-state index contributed by atoms with van der Waals surface area (Å²) >= 11 is 0. The number of halogens is 3. The van der Waals surface area contributed by atoms with Gasteiger partial charge in [-0.3, -0.25) is 0 Å². The Morgan fingerprint density at radius 3 is 2.50 bits per heavy atom. The molecule has 1 aliphatic carbocycles. The molecule has 188 valence electrons. The number of likely N-dealkylation sites (N-methyl/N-ethyl adjacent to an activating group) is 1. The lowest BCUT2D eigenvalue weighted by Crippen LogP contribution is -2.27. The molecule has 0 saturated heterocycles. The predicted octanol–water partition coefficient (Wildman–Crippen LogP) is 6.22. The minimum absolute atomic E-state index is 0.128. The zero-order valence-electron chi connectivity index (χ0n) is 20.2. The average Bonchev–Trinajstić information content (AvgIpc) is 3.36. The standard InChI is InChI=1S/C27H28F3N5O/c1-3-34(4-2)14-15-35-23-12-10-18(11-13-24-32-26(36-33-24)27(28,29)30)16-22(23)31-25(35)21-17-20(21)19-8-6-5-7-9-19/h5-13,16,20-21H,3-4,14-15,17H2,1-2H3/b13-11+/t20-,21+/m1/s1. The fraction of sp³-hybridized carbons (Fsp3) is 0.370. The van der Waals surface area contributed by atoms with Crippen LogP contribution < -0.4 is 0 Å². The third-order valence-corrected chi connectivity index (χ3v) is 6.79. The minimum Gasteiger partial charge on any atom is -0.329 e. The first kappa shape index (κ1) is 24.2. The van der Waals surface area contributed by atoms with Gasteiger partial charge in [0.1, 0.15) is 5.82 Å². The van der Waals surface area contributed by atoms with Crippen molar-refractivity contribution in [2.45, 2.75) is 44.8 Å². The van der Waals surface area contributed by atoms with E-state index in [-0.39, 0.29) is 5.82 Å². The highest BCUT2D eigenvalue weighted by Gasteiger charge is 2.43. The maximum absolute atomic E-state index is 12.7. The summed E-state index contributed by atoms with van der Waals surface area (Å²) in [6.07, 6.45) is -0.509. The van der Waals surface area contributed by atoms with Crippen molar-refractivity contribution in [3.63, 3.8) is 0 Å². The molecule has 1 fully saturated rings. The van der Waals surface area contributed by atoms with E-state index in [0.717, 1.165) is 55.0 Å². The molecule has 2 aromatic carbocycles. The quantitative estimate of drug-likeness (QED) is 0.276. The van der Waals surface area contributed by atoms with E-state index in [4.69, 9.17) is 4.98 Å². The van der Waals surface area contributed by atoms with Crippen LogP contribution in [0, 0.1) is 0 Å². The number of benzene rings is 2. The third kappa shape index (κ3) is 5.06. The average molecular weight is 496 g/mol. The lowest BCUT2D eigenvalue weighted by molar-refractivity contribution is -0.159. The van der Waals surface area contributed by atoms with Gasteiger partial charge in [0.2, 0.25) is 0 Å². The molecule has 2 atom stereocenters. The van der Waals surface area contributed by atoms with Gasteiger partial charge in [-0.25, -0.2) is 4.98 Å². The van der Waals surface area contributed by atoms with Crippen molar-refractivity contribution < 1.29 is 17.7 Å². The first-order chi connectivity index (χ1) is 17.4. The maximum atomic E-state index is 12.7. The van der Waals surface area contributed by atoms with Crippen molar-refractivity contribution in [3.8, 4) is 0 Å². The first-order valence-electron chi connectivity index (χ1n) is 12.2. The zero-order valence-corrected chi connectivity index (χ0v) is 20.2. The Hall–Kier alpha value is -3.46. The van der Waals surface area contributed by atoms with Gasteiger partial charge in [0, 0.05) is 19.0 Å². The molecule has 0 unspecified atom stereocenters. The zero-order chi connectivity index (χ0) is 25.3. The fourth-order valence-corrected chi connectivity index (χ4v) is 4.71. The van der Waals surface area contributed by atoms with E-state index in [1.165, 1.54) is 11.6 Å². The minimum atomic E-state index is -4.66. The van der Waals surface area contributed by atoms with E-state index in [2.05, 4.69) is 62.2 Å². The van der Waals surface area contributed by atoms with Gasteiger partial charge in [-0.05, 0) is 54.8 Å². The Labute approximate surface area is 207 Å². The summed E-state index contributed by atoms with van der Waals surface area (Å²) in [5.41, 5.74) is 4.07. The lowest BCUT2D eigenvalue weighted by atomic mass is 10.1. The Kier molecular flexibility index (Phi) is 6.66. The molecule has 0 spiro atoms. The molecular weight excluding hydrogens is 467 g/mol. The fourth-order valence-electron chi connectivity index (χ4n) is 4.71. The maximum Gasteiger partial charge on any atom is 0.471 e. The van der Waals surface area contributed by atoms with Crippen LogP contribution in [-0.2, 0) is 12.7 Å². The number of imidazole rings is 1. The second-order valence-corrected chi connectivity index (χ2v) is 9.04. The largest absolute Gasteiger partial charge is 0.471 e. The van der Waals surface area contributed by atoms with Crippen LogP contribution in [0.4, 0.5) is 13.2 Å². The van der Waals surface area contributed by atoms with Crippen LogP contribution in [0.3, 0.4) is 0 Å². The molecule has 9 heteroatoms. The van der Waals surface area contributed by atoms with Gasteiger partial charge in [-0.2, -0.15) is 18.2 Å². The highest BCUT2D eigenvalue weighted by molar-refractivity contribution is 5.81. The van der Waals surface area contributed by atoms with Crippen LogP contribution in [0.2, 0.25) is 0 Å². The number of hydrogen-bond acceptors (Lipinski definition) is 5. The summed E-state index contributed by atoms with van der Waals surface area (Å²) < 4.78 is 44.8. The van der Waals surface area contributed by atoms with Gasteiger partial charge in [-0.15, -0.1) is 0 Å². The third-order valence-electron chi connectivity index (χ3n) is 6.79. The highest BCUT2D eigenvalue weighted by Crippen LogP contribution is 2.54. The first-order valence-corrected chi connectivity index (χ1v) is 12.2. The number of fused-ring (bicyclic) bond motifs is 1. The molecule has 0 radical (unpaired) electrons. The topological polar surface area (TPSA) is 60.0 Å². The van der Waals surface area contributed by atoms with E-state index in [9.17, 15) is 13.2 Å². The van der Waals surface area contributed by atoms with Crippen molar-refractivity contribution >= 4 is 23.2 Å². The summed E-state index contributed by atoms with van der Waals surface area (Å²) in [7, 11) is 0. The normalized spacial score (nSPS) is 18.1. The second kappa shape index (κ2) is 9.89. The van der Waals surface area contributed by atoms with Crippen LogP contribution in [0.5, 0.6) is 0 Å². The Morgan fingerprint density at radius 1 is 1.03 bits per heavy atom. The molecule has 36 heavy (non-hydrogen) atoms. The Morgan fingerprint density at radius 2 is 1.81 bits per heavy atom. The van der Waals surface area contributed by atoms with Crippen molar-refractivity contribution in [1.82, 2.24) is 24.6 Å². The molecule has 1 saturated carbocycles. The number of hydrogen-bond donors (Lipinski definition) is 0. The van der Waals surface area contributed by atoms with Crippen LogP contribution in [0.1, 0.15) is 60.8 Å². The Bertz CT molecular complexity index is 1360. The van der Waals surface area contributed by atoms with Gasteiger partial charge in [0.15, 0.2) is 5.82 Å². The number of rotatable bonds is 9. The molecule has 2 aromatic heterocycles. The number of nitrogens with zero attached hydrogens (tertiary/aromatic N) is 5. The van der Waals surface area contributed by atoms with Gasteiger partial charge in [0.05, 0.1) is 11.0 Å². The number of alkyl halides is 3. The van der Waals surface area contributed by atoms with Crippen LogP contribution in [0.15, 0.2) is 53.1 Å². The molecule has 0 N–H and O–H groups in total. The van der Waals surface area contributed by atoms with E-state index >= 15 is 0 Å². The van der Waals surface area contributed by atoms with Crippen molar-refractivity contribution in [3.05, 3.63) is 77.2 Å². The molecule has 0 aliphatic heterocycles. The summed E-state index contributed by atoms with van der Waals surface area (Å²) in [5.74, 6) is 0.453. The summed E-state index contributed by atoms with van der Waals surface area (Å²) in [6, 6.07) is 16.5. The second-order valence-electron chi connectivity index (χ2n) is 9.04. The molecule has 2 heterocycles. The van der Waals surface area contributed by atoms with Crippen LogP contribution >= 0.6 is 0 Å². The lowest BCUT2D eigenvalue weighted by Gasteiger charge is -2.19. The smallest absolute Gasteiger partial charge is 0.329 e. The van der Waals surface area contributed by atoms with E-state index < -0.39 is 12.1 Å². The molecule has 0 amide bonds. The molecule has 6 nitrogen and oxygen atoms in total. The summed E-state index contributed by atoms with van der Waals surface area (Å²) in [4.78, 5) is 10.8. The molecule has 1 aliphatic rings. The predicted molar refractivity (Wildman–Crippen MR) is 132 cm³/mol. The summed E-state index contributed by atoms with van der Waals surface area (Å²) in [6.45, 7) is 8.12. The van der Waals surface area contributed by atoms with Crippen LogP contribution in [-0.4, -0.2) is 44.2 Å². The van der Waals surface area contributed by atoms with Gasteiger partial charge >= 0.3 is 12.1 Å². The Balaban J connectivity index is 1.43. The molecular formula is C27H28F3N5O. The van der Waals surface area contributed by atoms with E-state index in [1.54, 1.807) is 6.08 Å². The number of aromatic nitrogens is 4. The van der Waals surface area contributed by atoms with Crippen molar-refractivity contribution in [2.24, 2.45) is 0 Å². The monoisotopic (exact) mass is 495 g/mol. The van der Waals surface area contributed by atoms with Crippen LogP contribution in [0.25, 0.3) is 23.2 Å². The van der Waals surface area contributed by atoms with Gasteiger partial charge < -0.3 is 14.0 Å². The van der Waals surface area contributed by atoms with Gasteiger partial charge in [-0.1, -0.05) is 61.5 Å². The summed E-state index contributed by atoms with van der Waals surface area (Å²) in [5, 5.41) is 3.39. The van der Waals surface area contributed by atoms with Crippen molar-refractivity contribution in [1.29, 1.82) is 0 Å². The SMILES string of the molecule is CCN(CC)CCn1c([C@H]2C[C@@H]2c2ccccc2)nc2cc(/C=C/c3noc(C(F)(F)F)n3)ccc21. The van der Waals surface area contributed by atoms with E-state index in [1.807, 2.05) is 24.3 Å². The van der Waals surface area contributed by atoms with Gasteiger partial charge in [0.25, 0.3) is 0 Å². The van der Waals surface area contributed by atoms with Crippen molar-refractivity contribution in [2.75, 3.05) is 19.6 Å².